The maximum atomic E-state index is 13.5. The number of rotatable bonds is 6. The summed E-state index contributed by atoms with van der Waals surface area (Å²) < 4.78 is 2.05. The van der Waals surface area contributed by atoms with Gasteiger partial charge in [-0.3, -0.25) is 9.59 Å². The molecule has 3 N–H and O–H groups in total. The normalized spacial score (nSPS) is 22.6. The Labute approximate surface area is 181 Å². The van der Waals surface area contributed by atoms with Crippen LogP contribution in [0, 0.1) is 0 Å². The number of nitrogens with one attached hydrogen (secondary N) is 3. The van der Waals surface area contributed by atoms with Crippen LogP contribution in [0.3, 0.4) is 0 Å². The van der Waals surface area contributed by atoms with Gasteiger partial charge in [-0.2, -0.15) is 4.90 Å². The van der Waals surface area contributed by atoms with Gasteiger partial charge in [0.25, 0.3) is 11.7 Å². The highest BCUT2D eigenvalue weighted by atomic mass is 16.2. The molecular weight excluding hydrogens is 394 g/mol. The fourth-order valence-electron chi connectivity index (χ4n) is 4.31. The van der Waals surface area contributed by atoms with Gasteiger partial charge in [0.15, 0.2) is 6.04 Å². The summed E-state index contributed by atoms with van der Waals surface area (Å²) in [6.07, 6.45) is 2.59. The quantitative estimate of drug-likeness (QED) is 0.585. The van der Waals surface area contributed by atoms with Crippen molar-refractivity contribution < 1.29 is 19.0 Å². The number of carbonyl (C=O) groups excluding carboxylic acids is 3. The lowest BCUT2D eigenvalue weighted by molar-refractivity contribution is -0.710. The SMILES string of the molecule is CNC(C)C(=O)NC1C(=O)N2c3c(ccc[n+]3C1C)CC2CNC(=O)c1ccccc1. The number of amides is 3. The standard InChI is InChI=1S/C23H27N5O3/c1-14(24-3)20(29)26-19-15(2)27-11-7-10-17-12-18(28(22(17)27)23(19)31)13-25-21(30)16-8-5-4-6-9-16/h4-11,14-15,18-19,24H,12-13H2,1-3H3,(H-,25,26,29,30)/p+1. The summed E-state index contributed by atoms with van der Waals surface area (Å²) >= 11 is 0. The minimum atomic E-state index is -0.679. The zero-order valence-electron chi connectivity index (χ0n) is 18.0. The molecule has 162 valence electrons. The number of hydrogen-bond acceptors (Lipinski definition) is 4. The van der Waals surface area contributed by atoms with E-state index in [1.807, 2.05) is 48.0 Å². The summed E-state index contributed by atoms with van der Waals surface area (Å²) in [5, 5.41) is 8.77. The molecule has 4 atom stereocenters. The molecule has 0 saturated carbocycles. The van der Waals surface area contributed by atoms with Gasteiger partial charge in [0, 0.05) is 17.5 Å². The minimum Gasteiger partial charge on any atom is -0.348 e. The van der Waals surface area contributed by atoms with Gasteiger partial charge in [-0.05, 0) is 45.2 Å². The van der Waals surface area contributed by atoms with E-state index < -0.39 is 12.1 Å². The molecule has 3 heterocycles. The fraction of sp³-hybridized carbons (Fsp3) is 0.391. The van der Waals surface area contributed by atoms with E-state index in [1.165, 1.54) is 0 Å². The van der Waals surface area contributed by atoms with Crippen molar-refractivity contribution in [3.05, 3.63) is 59.8 Å². The van der Waals surface area contributed by atoms with Crippen LogP contribution in [-0.2, 0) is 16.0 Å². The number of nitrogens with zero attached hydrogens (tertiary/aromatic N) is 2. The van der Waals surface area contributed by atoms with Crippen LogP contribution >= 0.6 is 0 Å². The first-order valence-electron chi connectivity index (χ1n) is 10.6. The van der Waals surface area contributed by atoms with Crippen molar-refractivity contribution in [3.63, 3.8) is 0 Å². The summed E-state index contributed by atoms with van der Waals surface area (Å²) in [6, 6.07) is 11.5. The van der Waals surface area contributed by atoms with Crippen LogP contribution < -0.4 is 25.4 Å². The number of pyridine rings is 1. The second-order valence-electron chi connectivity index (χ2n) is 8.14. The summed E-state index contributed by atoms with van der Waals surface area (Å²) in [5.74, 6) is 0.315. The third kappa shape index (κ3) is 3.79. The Kier molecular flexibility index (Phi) is 5.73. The number of likely N-dealkylation sites (N-methyl/N-ethyl adjacent to an activating group) is 1. The predicted octanol–water partition coefficient (Wildman–Crippen LogP) is 0.329. The van der Waals surface area contributed by atoms with Crippen LogP contribution in [0.5, 0.6) is 0 Å². The molecular formula is C23H28N5O3+. The van der Waals surface area contributed by atoms with Crippen molar-refractivity contribution in [2.24, 2.45) is 0 Å². The Morgan fingerprint density at radius 3 is 2.65 bits per heavy atom. The van der Waals surface area contributed by atoms with Gasteiger partial charge in [-0.1, -0.05) is 18.2 Å². The van der Waals surface area contributed by atoms with Crippen LogP contribution in [0.25, 0.3) is 0 Å². The van der Waals surface area contributed by atoms with Crippen molar-refractivity contribution in [1.29, 1.82) is 0 Å². The molecule has 2 aromatic rings. The van der Waals surface area contributed by atoms with E-state index in [0.29, 0.717) is 18.5 Å². The molecule has 0 spiro atoms. The summed E-state index contributed by atoms with van der Waals surface area (Å²) in [6.45, 7) is 4.02. The molecule has 1 aromatic heterocycles. The fourth-order valence-corrected chi connectivity index (χ4v) is 4.31. The average molecular weight is 423 g/mol. The number of hydrogen-bond donors (Lipinski definition) is 3. The van der Waals surface area contributed by atoms with E-state index in [1.54, 1.807) is 31.0 Å². The van der Waals surface area contributed by atoms with Gasteiger partial charge >= 0.3 is 5.91 Å². The first-order chi connectivity index (χ1) is 14.9. The Morgan fingerprint density at radius 1 is 1.19 bits per heavy atom. The number of carbonyl (C=O) groups is 3. The van der Waals surface area contributed by atoms with Gasteiger partial charge < -0.3 is 16.0 Å². The molecule has 4 rings (SSSR count). The van der Waals surface area contributed by atoms with Gasteiger partial charge in [0.2, 0.25) is 5.91 Å². The highest BCUT2D eigenvalue weighted by Crippen LogP contribution is 2.34. The summed E-state index contributed by atoms with van der Waals surface area (Å²) in [4.78, 5) is 40.3. The predicted molar refractivity (Wildman–Crippen MR) is 116 cm³/mol. The number of benzene rings is 1. The number of anilines is 1. The molecule has 8 heteroatoms. The van der Waals surface area contributed by atoms with E-state index in [2.05, 4.69) is 16.0 Å². The molecule has 0 saturated heterocycles. The molecule has 2 aliphatic rings. The van der Waals surface area contributed by atoms with Crippen LogP contribution in [0.1, 0.15) is 35.8 Å². The van der Waals surface area contributed by atoms with Crippen LogP contribution in [0.15, 0.2) is 48.7 Å². The third-order valence-corrected chi connectivity index (χ3v) is 6.21. The third-order valence-electron chi connectivity index (χ3n) is 6.21. The summed E-state index contributed by atoms with van der Waals surface area (Å²) in [7, 11) is 1.71. The first-order valence-corrected chi connectivity index (χ1v) is 10.6. The van der Waals surface area contributed by atoms with Crippen molar-refractivity contribution in [3.8, 4) is 0 Å². The van der Waals surface area contributed by atoms with E-state index >= 15 is 0 Å². The summed E-state index contributed by atoms with van der Waals surface area (Å²) in [5.41, 5.74) is 1.65. The molecule has 31 heavy (non-hydrogen) atoms. The molecule has 8 nitrogen and oxygen atoms in total. The van der Waals surface area contributed by atoms with Crippen molar-refractivity contribution in [2.45, 2.75) is 44.4 Å². The molecule has 0 bridgehead atoms. The topological polar surface area (TPSA) is 94.4 Å². The Morgan fingerprint density at radius 2 is 1.94 bits per heavy atom. The number of aromatic nitrogens is 1. The van der Waals surface area contributed by atoms with Gasteiger partial charge in [0.05, 0.1) is 18.8 Å². The van der Waals surface area contributed by atoms with Crippen LogP contribution in [0.2, 0.25) is 0 Å². The largest absolute Gasteiger partial charge is 0.348 e. The highest BCUT2D eigenvalue weighted by molar-refractivity contribution is 6.01. The van der Waals surface area contributed by atoms with E-state index in [0.717, 1.165) is 11.4 Å². The molecule has 3 amide bonds. The lowest BCUT2D eigenvalue weighted by atomic mass is 10.0. The molecule has 0 aliphatic carbocycles. The lowest BCUT2D eigenvalue weighted by Gasteiger charge is -2.33. The highest BCUT2D eigenvalue weighted by Gasteiger charge is 2.53. The monoisotopic (exact) mass is 422 g/mol. The van der Waals surface area contributed by atoms with Crippen molar-refractivity contribution >= 4 is 23.5 Å². The van der Waals surface area contributed by atoms with Crippen molar-refractivity contribution in [1.82, 2.24) is 16.0 Å². The Balaban J connectivity index is 1.57. The first kappa shape index (κ1) is 21.0. The second-order valence-corrected chi connectivity index (χ2v) is 8.14. The lowest BCUT2D eigenvalue weighted by Crippen LogP contribution is -2.67. The minimum absolute atomic E-state index is 0.145. The van der Waals surface area contributed by atoms with Crippen molar-refractivity contribution in [2.75, 3.05) is 18.5 Å². The van der Waals surface area contributed by atoms with E-state index in [9.17, 15) is 14.4 Å². The smallest absolute Gasteiger partial charge is 0.336 e. The zero-order chi connectivity index (χ0) is 22.1. The maximum Gasteiger partial charge on any atom is 0.336 e. The van der Waals surface area contributed by atoms with Gasteiger partial charge in [-0.15, -0.1) is 0 Å². The van der Waals surface area contributed by atoms with Crippen LogP contribution in [0.4, 0.5) is 5.82 Å². The van der Waals surface area contributed by atoms with Crippen LogP contribution in [-0.4, -0.2) is 49.4 Å². The molecule has 0 radical (unpaired) electrons. The molecule has 2 aliphatic heterocycles. The van der Waals surface area contributed by atoms with E-state index in [4.69, 9.17) is 0 Å². The molecule has 4 unspecified atom stereocenters. The average Bonchev–Trinajstić information content (AvgIpc) is 3.17. The maximum absolute atomic E-state index is 13.5. The second kappa shape index (κ2) is 8.47. The zero-order valence-corrected chi connectivity index (χ0v) is 18.0. The Hall–Kier alpha value is -3.26. The molecule has 0 fully saturated rings. The van der Waals surface area contributed by atoms with E-state index in [-0.39, 0.29) is 29.8 Å². The molecule has 1 aromatic carbocycles. The van der Waals surface area contributed by atoms with Gasteiger partial charge in [-0.25, -0.2) is 9.36 Å². The van der Waals surface area contributed by atoms with Gasteiger partial charge in [0.1, 0.15) is 12.1 Å². The Bertz CT molecular complexity index is 1010.